The third kappa shape index (κ3) is 2.88. The Kier molecular flexibility index (Phi) is 4.27. The highest BCUT2D eigenvalue weighted by molar-refractivity contribution is 8.18. The van der Waals surface area contributed by atoms with Crippen molar-refractivity contribution < 1.29 is 14.0 Å². The molecule has 1 aromatic carbocycles. The Morgan fingerprint density at radius 1 is 1.28 bits per heavy atom. The Labute approximate surface area is 151 Å². The minimum atomic E-state index is -0.398. The standard InChI is InChI=1S/C19H21FN2O2S/c1-6-22-15-9-14(20)12(7-13(15)11(2)10-19(22,3)4)8-16-17(23)21(5)18(24)25-16/h7-10H,6H2,1-5H3/b16-8-. The number of thioether (sulfide) groups is 1. The summed E-state index contributed by atoms with van der Waals surface area (Å²) in [7, 11) is 1.43. The molecule has 6 heteroatoms. The second kappa shape index (κ2) is 6.02. The topological polar surface area (TPSA) is 40.6 Å². The maximum atomic E-state index is 14.7. The van der Waals surface area contributed by atoms with E-state index in [4.69, 9.17) is 0 Å². The first kappa shape index (κ1) is 17.7. The summed E-state index contributed by atoms with van der Waals surface area (Å²) in [5.41, 5.74) is 3.00. The Bertz CT molecular complexity index is 842. The number of carbonyl (C=O) groups is 2. The fourth-order valence-corrected chi connectivity index (χ4v) is 4.31. The van der Waals surface area contributed by atoms with Crippen molar-refractivity contribution >= 4 is 40.2 Å². The summed E-state index contributed by atoms with van der Waals surface area (Å²) in [4.78, 5) is 27.1. The van der Waals surface area contributed by atoms with Gasteiger partial charge in [0.05, 0.1) is 10.4 Å². The van der Waals surface area contributed by atoms with Crippen LogP contribution in [-0.2, 0) is 4.79 Å². The van der Waals surface area contributed by atoms with Gasteiger partial charge in [-0.05, 0) is 63.2 Å². The van der Waals surface area contributed by atoms with Crippen LogP contribution in [0.1, 0.15) is 38.8 Å². The number of anilines is 1. The van der Waals surface area contributed by atoms with E-state index in [0.717, 1.165) is 40.0 Å². The number of hydrogen-bond acceptors (Lipinski definition) is 4. The molecule has 0 saturated carbocycles. The summed E-state index contributed by atoms with van der Waals surface area (Å²) >= 11 is 0.835. The molecule has 2 heterocycles. The molecule has 0 spiro atoms. The molecule has 1 fully saturated rings. The minimum absolute atomic E-state index is 0.190. The number of halogens is 1. The van der Waals surface area contributed by atoms with Crippen LogP contribution in [0.2, 0.25) is 0 Å². The second-order valence-electron chi connectivity index (χ2n) is 6.86. The smallest absolute Gasteiger partial charge is 0.293 e. The Balaban J connectivity index is 2.11. The number of carbonyl (C=O) groups excluding carboxylic acids is 2. The van der Waals surface area contributed by atoms with E-state index < -0.39 is 11.7 Å². The summed E-state index contributed by atoms with van der Waals surface area (Å²) < 4.78 is 14.7. The molecule has 0 atom stereocenters. The van der Waals surface area contributed by atoms with Crippen molar-refractivity contribution in [3.8, 4) is 0 Å². The molecule has 2 amide bonds. The highest BCUT2D eigenvalue weighted by atomic mass is 32.2. The van der Waals surface area contributed by atoms with E-state index in [1.807, 2.05) is 13.8 Å². The van der Waals surface area contributed by atoms with Crippen LogP contribution in [-0.4, -0.2) is 35.2 Å². The van der Waals surface area contributed by atoms with Gasteiger partial charge in [-0.25, -0.2) is 4.39 Å². The zero-order valence-electron chi connectivity index (χ0n) is 15.0. The lowest BCUT2D eigenvalue weighted by Gasteiger charge is -2.42. The summed E-state index contributed by atoms with van der Waals surface area (Å²) in [6.45, 7) is 9.02. The minimum Gasteiger partial charge on any atom is -0.363 e. The van der Waals surface area contributed by atoms with Gasteiger partial charge in [0.15, 0.2) is 0 Å². The first-order valence-corrected chi connectivity index (χ1v) is 9.00. The van der Waals surface area contributed by atoms with Crippen LogP contribution in [0.25, 0.3) is 11.6 Å². The van der Waals surface area contributed by atoms with E-state index in [1.54, 1.807) is 6.07 Å². The van der Waals surface area contributed by atoms with Crippen LogP contribution < -0.4 is 4.90 Å². The van der Waals surface area contributed by atoms with Crippen molar-refractivity contribution in [1.82, 2.24) is 4.90 Å². The lowest BCUT2D eigenvalue weighted by Crippen LogP contribution is -2.45. The number of fused-ring (bicyclic) bond motifs is 1. The van der Waals surface area contributed by atoms with Gasteiger partial charge in [-0.1, -0.05) is 6.08 Å². The van der Waals surface area contributed by atoms with E-state index in [9.17, 15) is 14.0 Å². The molecule has 25 heavy (non-hydrogen) atoms. The summed E-state index contributed by atoms with van der Waals surface area (Å²) in [5, 5.41) is -0.343. The van der Waals surface area contributed by atoms with E-state index in [2.05, 4.69) is 24.8 Å². The lowest BCUT2D eigenvalue weighted by atomic mass is 9.88. The van der Waals surface area contributed by atoms with Gasteiger partial charge in [0.25, 0.3) is 11.1 Å². The highest BCUT2D eigenvalue weighted by Gasteiger charge is 2.33. The van der Waals surface area contributed by atoms with Crippen LogP contribution in [0.3, 0.4) is 0 Å². The van der Waals surface area contributed by atoms with Crippen LogP contribution in [0.15, 0.2) is 23.1 Å². The largest absolute Gasteiger partial charge is 0.363 e. The van der Waals surface area contributed by atoms with Gasteiger partial charge < -0.3 is 4.90 Å². The van der Waals surface area contributed by atoms with Gasteiger partial charge in [-0.3, -0.25) is 14.5 Å². The number of nitrogens with zero attached hydrogens (tertiary/aromatic N) is 2. The summed E-state index contributed by atoms with van der Waals surface area (Å²) in [6.07, 6.45) is 3.63. The number of imide groups is 1. The maximum absolute atomic E-state index is 14.7. The second-order valence-corrected chi connectivity index (χ2v) is 7.85. The number of hydrogen-bond donors (Lipinski definition) is 0. The van der Waals surface area contributed by atoms with E-state index >= 15 is 0 Å². The van der Waals surface area contributed by atoms with Crippen LogP contribution >= 0.6 is 11.8 Å². The van der Waals surface area contributed by atoms with Gasteiger partial charge in [-0.2, -0.15) is 0 Å². The Morgan fingerprint density at radius 3 is 2.52 bits per heavy atom. The molecule has 1 aromatic rings. The third-order valence-electron chi connectivity index (χ3n) is 4.69. The van der Waals surface area contributed by atoms with Crippen molar-refractivity contribution in [2.24, 2.45) is 0 Å². The highest BCUT2D eigenvalue weighted by Crippen LogP contribution is 2.41. The zero-order chi connectivity index (χ0) is 18.5. The zero-order valence-corrected chi connectivity index (χ0v) is 15.8. The first-order valence-electron chi connectivity index (χ1n) is 8.18. The molecule has 0 aromatic heterocycles. The van der Waals surface area contributed by atoms with Crippen molar-refractivity contribution in [1.29, 1.82) is 0 Å². The Hall–Kier alpha value is -2.08. The number of rotatable bonds is 2. The number of amides is 2. The van der Waals surface area contributed by atoms with E-state index in [1.165, 1.54) is 19.2 Å². The molecule has 1 saturated heterocycles. The molecular weight excluding hydrogens is 339 g/mol. The van der Waals surface area contributed by atoms with Gasteiger partial charge >= 0.3 is 0 Å². The fraction of sp³-hybridized carbons (Fsp3) is 0.368. The molecule has 4 nitrogen and oxygen atoms in total. The molecule has 3 rings (SSSR count). The van der Waals surface area contributed by atoms with Gasteiger partial charge in [0.2, 0.25) is 0 Å². The predicted octanol–water partition coefficient (Wildman–Crippen LogP) is 4.51. The lowest BCUT2D eigenvalue weighted by molar-refractivity contribution is -0.121. The van der Waals surface area contributed by atoms with Gasteiger partial charge in [-0.15, -0.1) is 0 Å². The third-order valence-corrected chi connectivity index (χ3v) is 5.65. The quantitative estimate of drug-likeness (QED) is 0.728. The van der Waals surface area contributed by atoms with E-state index in [0.29, 0.717) is 5.56 Å². The molecule has 0 N–H and O–H groups in total. The van der Waals surface area contributed by atoms with Gasteiger partial charge in [0, 0.05) is 30.4 Å². The molecule has 0 bridgehead atoms. The molecule has 2 aliphatic rings. The molecule has 0 radical (unpaired) electrons. The average molecular weight is 360 g/mol. The molecule has 0 aliphatic carbocycles. The van der Waals surface area contributed by atoms with Crippen molar-refractivity contribution in [2.75, 3.05) is 18.5 Å². The SMILES string of the molecule is CCN1c2cc(F)c(/C=C3\SC(=O)N(C)C3=O)cc2C(C)=CC1(C)C. The number of allylic oxidation sites excluding steroid dienone is 1. The molecule has 0 unspecified atom stereocenters. The fourth-order valence-electron chi connectivity index (χ4n) is 3.49. The van der Waals surface area contributed by atoms with Crippen molar-refractivity contribution in [3.63, 3.8) is 0 Å². The van der Waals surface area contributed by atoms with Crippen LogP contribution in [0, 0.1) is 5.82 Å². The van der Waals surface area contributed by atoms with Crippen molar-refractivity contribution in [2.45, 2.75) is 33.2 Å². The first-order chi connectivity index (χ1) is 11.7. The Morgan fingerprint density at radius 2 is 1.96 bits per heavy atom. The summed E-state index contributed by atoms with van der Waals surface area (Å²) in [5.74, 6) is -0.790. The monoisotopic (exact) mass is 360 g/mol. The van der Waals surface area contributed by atoms with Gasteiger partial charge in [0.1, 0.15) is 5.82 Å². The van der Waals surface area contributed by atoms with Crippen LogP contribution in [0.4, 0.5) is 14.9 Å². The summed E-state index contributed by atoms with van der Waals surface area (Å²) in [6, 6.07) is 3.29. The normalized spacial score (nSPS) is 21.0. The predicted molar refractivity (Wildman–Crippen MR) is 101 cm³/mol. The number of benzene rings is 1. The molecule has 132 valence electrons. The van der Waals surface area contributed by atoms with Crippen LogP contribution in [0.5, 0.6) is 0 Å². The van der Waals surface area contributed by atoms with Crippen molar-refractivity contribution in [3.05, 3.63) is 40.1 Å². The molecular formula is C19H21FN2O2S. The average Bonchev–Trinajstić information content (AvgIpc) is 2.75. The maximum Gasteiger partial charge on any atom is 0.293 e. The number of likely N-dealkylation sites (N-methyl/N-ethyl adjacent to an activating group) is 2. The molecule has 2 aliphatic heterocycles. The van der Waals surface area contributed by atoms with E-state index in [-0.39, 0.29) is 15.7 Å².